The summed E-state index contributed by atoms with van der Waals surface area (Å²) in [6, 6.07) is 0. The van der Waals surface area contributed by atoms with Crippen LogP contribution in [0.1, 0.15) is 46.5 Å². The van der Waals surface area contributed by atoms with Crippen LogP contribution in [0.5, 0.6) is 0 Å². The number of aliphatic hydroxyl groups excluding tert-OH is 1. The van der Waals surface area contributed by atoms with E-state index in [9.17, 15) is 8.42 Å². The van der Waals surface area contributed by atoms with Crippen molar-refractivity contribution in [3.63, 3.8) is 0 Å². The molecule has 0 radical (unpaired) electrons. The minimum Gasteiger partial charge on any atom is -0.394 e. The van der Waals surface area contributed by atoms with Gasteiger partial charge in [-0.05, 0) is 11.8 Å². The molecular weight excluding hydrogens is 290 g/mol. The first-order valence-corrected chi connectivity index (χ1v) is 8.92. The van der Waals surface area contributed by atoms with Crippen molar-refractivity contribution in [2.75, 3.05) is 13.2 Å². The number of aliphatic hydroxyl groups is 1. The van der Waals surface area contributed by atoms with Crippen LogP contribution in [-0.4, -0.2) is 36.5 Å². The summed E-state index contributed by atoms with van der Waals surface area (Å²) in [5.41, 5.74) is -0.0661. The second-order valence-electron chi connectivity index (χ2n) is 6.11. The number of nitrogens with zero attached hydrogens (tertiary/aromatic N) is 2. The van der Waals surface area contributed by atoms with Gasteiger partial charge in [0.15, 0.2) is 0 Å². The van der Waals surface area contributed by atoms with Crippen LogP contribution in [0.15, 0.2) is 17.3 Å². The third-order valence-corrected chi connectivity index (χ3v) is 4.80. The first-order chi connectivity index (χ1) is 9.80. The molecule has 7 heteroatoms. The SMILES string of the molecule is CCCCCC(C)(C)CNS(=O)(=O)c1cnn(CCO)c1. The van der Waals surface area contributed by atoms with Gasteiger partial charge in [-0.3, -0.25) is 4.68 Å². The summed E-state index contributed by atoms with van der Waals surface area (Å²) in [6.45, 7) is 6.92. The Labute approximate surface area is 127 Å². The summed E-state index contributed by atoms with van der Waals surface area (Å²) in [6.07, 6.45) is 7.17. The molecule has 122 valence electrons. The second kappa shape index (κ2) is 7.91. The normalized spacial score (nSPS) is 12.8. The van der Waals surface area contributed by atoms with Crippen LogP contribution in [0.2, 0.25) is 0 Å². The van der Waals surface area contributed by atoms with Gasteiger partial charge in [0.25, 0.3) is 0 Å². The number of sulfonamides is 1. The largest absolute Gasteiger partial charge is 0.394 e. The lowest BCUT2D eigenvalue weighted by molar-refractivity contribution is 0.269. The minimum absolute atomic E-state index is 0.0661. The number of nitrogens with one attached hydrogen (secondary N) is 1. The summed E-state index contributed by atoms with van der Waals surface area (Å²) in [5, 5.41) is 12.7. The zero-order chi connectivity index (χ0) is 15.9. The van der Waals surface area contributed by atoms with Crippen LogP contribution < -0.4 is 4.72 Å². The molecule has 0 fully saturated rings. The van der Waals surface area contributed by atoms with Crippen molar-refractivity contribution in [1.82, 2.24) is 14.5 Å². The number of rotatable bonds is 10. The van der Waals surface area contributed by atoms with Crippen LogP contribution in [0, 0.1) is 5.41 Å². The summed E-state index contributed by atoms with van der Waals surface area (Å²) in [5.74, 6) is 0. The highest BCUT2D eigenvalue weighted by Gasteiger charge is 2.23. The van der Waals surface area contributed by atoms with Gasteiger partial charge in [0.1, 0.15) is 4.90 Å². The molecule has 0 saturated carbocycles. The van der Waals surface area contributed by atoms with Gasteiger partial charge in [0.2, 0.25) is 10.0 Å². The Balaban J connectivity index is 2.59. The molecule has 1 aromatic heterocycles. The second-order valence-corrected chi connectivity index (χ2v) is 7.88. The predicted molar refractivity (Wildman–Crippen MR) is 82.4 cm³/mol. The van der Waals surface area contributed by atoms with Crippen molar-refractivity contribution < 1.29 is 13.5 Å². The quantitative estimate of drug-likeness (QED) is 0.644. The third kappa shape index (κ3) is 6.15. The van der Waals surface area contributed by atoms with Crippen LogP contribution >= 0.6 is 0 Å². The summed E-state index contributed by atoms with van der Waals surface area (Å²) < 4.78 is 28.5. The summed E-state index contributed by atoms with van der Waals surface area (Å²) >= 11 is 0. The molecule has 0 amide bonds. The zero-order valence-corrected chi connectivity index (χ0v) is 14.0. The van der Waals surface area contributed by atoms with Crippen molar-refractivity contribution >= 4 is 10.0 Å². The van der Waals surface area contributed by atoms with Gasteiger partial charge in [-0.15, -0.1) is 0 Å². The van der Waals surface area contributed by atoms with Crippen LogP contribution in [0.4, 0.5) is 0 Å². The average molecular weight is 317 g/mol. The van der Waals surface area contributed by atoms with Crippen molar-refractivity contribution in [1.29, 1.82) is 0 Å². The fourth-order valence-corrected chi connectivity index (χ4v) is 3.22. The maximum absolute atomic E-state index is 12.2. The van der Waals surface area contributed by atoms with E-state index in [4.69, 9.17) is 5.11 Å². The molecule has 0 atom stereocenters. The number of hydrogen-bond acceptors (Lipinski definition) is 4. The highest BCUT2D eigenvalue weighted by atomic mass is 32.2. The average Bonchev–Trinajstić information content (AvgIpc) is 2.87. The van der Waals surface area contributed by atoms with Gasteiger partial charge >= 0.3 is 0 Å². The molecule has 0 bridgehead atoms. The van der Waals surface area contributed by atoms with Crippen molar-refractivity contribution in [3.05, 3.63) is 12.4 Å². The highest BCUT2D eigenvalue weighted by molar-refractivity contribution is 7.89. The maximum Gasteiger partial charge on any atom is 0.243 e. The molecule has 0 saturated heterocycles. The van der Waals surface area contributed by atoms with Gasteiger partial charge in [-0.1, -0.05) is 40.0 Å². The lowest BCUT2D eigenvalue weighted by atomic mass is 9.87. The Morgan fingerprint density at radius 2 is 2.10 bits per heavy atom. The molecule has 0 unspecified atom stereocenters. The Morgan fingerprint density at radius 1 is 1.38 bits per heavy atom. The zero-order valence-electron chi connectivity index (χ0n) is 13.2. The van der Waals surface area contributed by atoms with Crippen LogP contribution in [0.3, 0.4) is 0 Å². The van der Waals surface area contributed by atoms with E-state index in [1.807, 2.05) is 0 Å². The van der Waals surface area contributed by atoms with Gasteiger partial charge in [0.05, 0.1) is 19.3 Å². The predicted octanol–water partition coefficient (Wildman–Crippen LogP) is 1.76. The topological polar surface area (TPSA) is 84.2 Å². The summed E-state index contributed by atoms with van der Waals surface area (Å²) in [7, 11) is -3.54. The molecule has 1 rings (SSSR count). The fourth-order valence-electron chi connectivity index (χ4n) is 2.02. The molecule has 0 spiro atoms. The third-order valence-electron chi connectivity index (χ3n) is 3.45. The molecule has 0 aliphatic rings. The number of aromatic nitrogens is 2. The van der Waals surface area contributed by atoms with Crippen LogP contribution in [0.25, 0.3) is 0 Å². The standard InChI is InChI=1S/C14H27N3O3S/c1-4-5-6-7-14(2,3)12-16-21(19,20)13-10-15-17(11-13)8-9-18/h10-11,16,18H,4-9,12H2,1-3H3. The monoisotopic (exact) mass is 317 g/mol. The van der Waals surface area contributed by atoms with E-state index in [1.165, 1.54) is 23.5 Å². The Morgan fingerprint density at radius 3 is 2.71 bits per heavy atom. The number of unbranched alkanes of at least 4 members (excludes halogenated alkanes) is 2. The molecular formula is C14H27N3O3S. The van der Waals surface area contributed by atoms with Crippen molar-refractivity contribution in [2.45, 2.75) is 57.9 Å². The van der Waals surface area contributed by atoms with Gasteiger partial charge in [0, 0.05) is 12.7 Å². The van der Waals surface area contributed by atoms with E-state index in [0.717, 1.165) is 19.3 Å². The van der Waals surface area contributed by atoms with E-state index in [0.29, 0.717) is 6.54 Å². The highest BCUT2D eigenvalue weighted by Crippen LogP contribution is 2.23. The van der Waals surface area contributed by atoms with Gasteiger partial charge in [-0.2, -0.15) is 5.10 Å². The van der Waals surface area contributed by atoms with Crippen molar-refractivity contribution in [3.8, 4) is 0 Å². The molecule has 1 aromatic rings. The Kier molecular flexibility index (Phi) is 6.83. The molecule has 2 N–H and O–H groups in total. The molecule has 0 aromatic carbocycles. The maximum atomic E-state index is 12.2. The van der Waals surface area contributed by atoms with Crippen LogP contribution in [-0.2, 0) is 16.6 Å². The molecule has 21 heavy (non-hydrogen) atoms. The van der Waals surface area contributed by atoms with E-state index in [1.54, 1.807) is 0 Å². The first kappa shape index (κ1) is 18.1. The Bertz CT molecular complexity index is 523. The Hall–Kier alpha value is -0.920. The first-order valence-electron chi connectivity index (χ1n) is 7.44. The van der Waals surface area contributed by atoms with E-state index in [-0.39, 0.29) is 23.5 Å². The van der Waals surface area contributed by atoms with Gasteiger partial charge < -0.3 is 5.11 Å². The van der Waals surface area contributed by atoms with E-state index < -0.39 is 10.0 Å². The lowest BCUT2D eigenvalue weighted by Gasteiger charge is -2.24. The molecule has 6 nitrogen and oxygen atoms in total. The fraction of sp³-hybridized carbons (Fsp3) is 0.786. The van der Waals surface area contributed by atoms with E-state index in [2.05, 4.69) is 30.6 Å². The molecule has 0 aliphatic heterocycles. The summed E-state index contributed by atoms with van der Waals surface area (Å²) in [4.78, 5) is 0.139. The van der Waals surface area contributed by atoms with Gasteiger partial charge in [-0.25, -0.2) is 13.1 Å². The molecule has 1 heterocycles. The van der Waals surface area contributed by atoms with E-state index >= 15 is 0 Å². The van der Waals surface area contributed by atoms with Crippen molar-refractivity contribution in [2.24, 2.45) is 5.41 Å². The molecule has 0 aliphatic carbocycles. The number of hydrogen-bond donors (Lipinski definition) is 2. The smallest absolute Gasteiger partial charge is 0.243 e. The lowest BCUT2D eigenvalue weighted by Crippen LogP contribution is -2.33. The minimum atomic E-state index is -3.54.